The van der Waals surface area contributed by atoms with Crippen LogP contribution in [0.4, 0.5) is 0 Å². The third-order valence-corrected chi connectivity index (χ3v) is 20.0. The average Bonchev–Trinajstić information content (AvgIpc) is 2.73. The van der Waals surface area contributed by atoms with Gasteiger partial charge in [0.15, 0.2) is 0 Å². The molecule has 1 atom stereocenters. The number of hydrogen-bond acceptors (Lipinski definition) is 2. The molecule has 0 heterocycles. The number of aliphatic hydroxyl groups is 1. The first-order chi connectivity index (χ1) is 13.7. The summed E-state index contributed by atoms with van der Waals surface area (Å²) in [6.07, 6.45) is 8.99. The molecule has 0 fully saturated rings. The SMILES string of the molecule is CCC[CH2][Sn]([CH2]CCC)([CH2]CCC)[CH2]OCC#CC(O)CCc1ccccc1. The molecule has 3 heteroatoms. The Bertz CT molecular complexity index is 525. The summed E-state index contributed by atoms with van der Waals surface area (Å²) in [5, 5.41) is 10.1. The molecule has 0 saturated carbocycles. The summed E-state index contributed by atoms with van der Waals surface area (Å²) in [5.74, 6) is 6.05. The van der Waals surface area contributed by atoms with Crippen LogP contribution in [0.2, 0.25) is 13.3 Å². The van der Waals surface area contributed by atoms with E-state index in [1.54, 1.807) is 0 Å². The number of aliphatic hydroxyl groups excluding tert-OH is 1. The molecule has 0 aliphatic rings. The van der Waals surface area contributed by atoms with Crippen LogP contribution in [0.3, 0.4) is 0 Å². The third-order valence-electron chi connectivity index (χ3n) is 5.58. The molecule has 0 aliphatic heterocycles. The number of ether oxygens (including phenoxy) is 1. The Morgan fingerprint density at radius 1 is 0.929 bits per heavy atom. The van der Waals surface area contributed by atoms with E-state index in [9.17, 15) is 5.11 Å². The van der Waals surface area contributed by atoms with Gasteiger partial charge in [-0.05, 0) is 0 Å². The molecular weight excluding hydrogens is 451 g/mol. The Balaban J connectivity index is 2.45. The molecule has 0 spiro atoms. The summed E-state index contributed by atoms with van der Waals surface area (Å²) in [6, 6.07) is 10.3. The van der Waals surface area contributed by atoms with Crippen molar-refractivity contribution in [3.05, 3.63) is 35.9 Å². The first kappa shape index (κ1) is 25.5. The Morgan fingerprint density at radius 3 is 2.04 bits per heavy atom. The zero-order valence-corrected chi connectivity index (χ0v) is 21.4. The van der Waals surface area contributed by atoms with Crippen LogP contribution in [0.5, 0.6) is 0 Å². The summed E-state index contributed by atoms with van der Waals surface area (Å²) in [4.78, 5) is 0. The molecule has 28 heavy (non-hydrogen) atoms. The summed E-state index contributed by atoms with van der Waals surface area (Å²) in [7, 11) is 0. The van der Waals surface area contributed by atoms with E-state index < -0.39 is 24.5 Å². The number of rotatable bonds is 15. The third kappa shape index (κ3) is 11.5. The maximum absolute atomic E-state index is 10.1. The molecule has 1 aromatic rings. The molecule has 1 N–H and O–H groups in total. The second-order valence-electron chi connectivity index (χ2n) is 8.16. The van der Waals surface area contributed by atoms with Gasteiger partial charge in [-0.25, -0.2) is 0 Å². The molecule has 1 rings (SSSR count). The van der Waals surface area contributed by atoms with E-state index in [1.165, 1.54) is 57.4 Å². The number of unbranched alkanes of at least 4 members (excludes halogenated alkanes) is 3. The molecule has 1 unspecified atom stereocenters. The first-order valence-corrected chi connectivity index (χ1v) is 19.5. The zero-order chi connectivity index (χ0) is 20.5. The molecular formula is C25H42O2Sn. The van der Waals surface area contributed by atoms with E-state index in [2.05, 4.69) is 44.7 Å². The average molecular weight is 493 g/mol. The van der Waals surface area contributed by atoms with Gasteiger partial charge in [0.2, 0.25) is 0 Å². The van der Waals surface area contributed by atoms with Gasteiger partial charge in [0, 0.05) is 0 Å². The molecule has 2 nitrogen and oxygen atoms in total. The van der Waals surface area contributed by atoms with Gasteiger partial charge < -0.3 is 0 Å². The summed E-state index contributed by atoms with van der Waals surface area (Å²) in [6.45, 7) is 7.39. The molecule has 0 aromatic heterocycles. The molecule has 0 radical (unpaired) electrons. The molecule has 0 saturated heterocycles. The van der Waals surface area contributed by atoms with Crippen molar-refractivity contribution in [2.24, 2.45) is 0 Å². The van der Waals surface area contributed by atoms with Gasteiger partial charge in [0.05, 0.1) is 0 Å². The molecule has 0 amide bonds. The van der Waals surface area contributed by atoms with Crippen LogP contribution in [0, 0.1) is 11.8 Å². The van der Waals surface area contributed by atoms with Gasteiger partial charge in [0.1, 0.15) is 0 Å². The van der Waals surface area contributed by atoms with Crippen molar-refractivity contribution in [2.45, 2.75) is 91.6 Å². The summed E-state index contributed by atoms with van der Waals surface area (Å²) >= 11 is -2.20. The fourth-order valence-corrected chi connectivity index (χ4v) is 18.1. The van der Waals surface area contributed by atoms with E-state index in [4.69, 9.17) is 4.74 Å². The van der Waals surface area contributed by atoms with Gasteiger partial charge >= 0.3 is 179 Å². The fraction of sp³-hybridized carbons (Fsp3) is 0.680. The van der Waals surface area contributed by atoms with E-state index in [0.717, 1.165) is 11.0 Å². The van der Waals surface area contributed by atoms with Crippen LogP contribution in [-0.4, -0.2) is 40.8 Å². The van der Waals surface area contributed by atoms with Crippen molar-refractivity contribution in [1.82, 2.24) is 0 Å². The predicted molar refractivity (Wildman–Crippen MR) is 124 cm³/mol. The van der Waals surface area contributed by atoms with Crippen LogP contribution < -0.4 is 0 Å². The molecule has 1 aromatic carbocycles. The summed E-state index contributed by atoms with van der Waals surface area (Å²) < 4.78 is 11.5. The van der Waals surface area contributed by atoms with Crippen molar-refractivity contribution in [3.8, 4) is 11.8 Å². The van der Waals surface area contributed by atoms with Gasteiger partial charge in [-0.1, -0.05) is 0 Å². The van der Waals surface area contributed by atoms with Crippen LogP contribution >= 0.6 is 0 Å². The van der Waals surface area contributed by atoms with Crippen molar-refractivity contribution >= 4 is 18.4 Å². The van der Waals surface area contributed by atoms with E-state index in [1.807, 2.05) is 18.2 Å². The number of hydrogen-bond donors (Lipinski definition) is 1. The van der Waals surface area contributed by atoms with Gasteiger partial charge in [-0.15, -0.1) is 0 Å². The van der Waals surface area contributed by atoms with E-state index >= 15 is 0 Å². The minimum absolute atomic E-state index is 0.478. The molecule has 158 valence electrons. The normalized spacial score (nSPS) is 12.4. The number of benzene rings is 1. The Hall–Kier alpha value is -0.501. The predicted octanol–water partition coefficient (Wildman–Crippen LogP) is 6.39. The van der Waals surface area contributed by atoms with Crippen molar-refractivity contribution in [2.75, 3.05) is 11.2 Å². The Labute approximate surface area is 178 Å². The Morgan fingerprint density at radius 2 is 1.50 bits per heavy atom. The van der Waals surface area contributed by atoms with Crippen LogP contribution in [0.15, 0.2) is 30.3 Å². The minimum atomic E-state index is -2.20. The quantitative estimate of drug-likeness (QED) is 0.174. The van der Waals surface area contributed by atoms with Crippen LogP contribution in [-0.2, 0) is 11.2 Å². The van der Waals surface area contributed by atoms with Gasteiger partial charge in [-0.3, -0.25) is 0 Å². The number of aryl methyl sites for hydroxylation is 1. The fourth-order valence-electron chi connectivity index (χ4n) is 3.75. The van der Waals surface area contributed by atoms with Gasteiger partial charge in [0.25, 0.3) is 0 Å². The molecule has 0 aliphatic carbocycles. The topological polar surface area (TPSA) is 29.5 Å². The van der Waals surface area contributed by atoms with Gasteiger partial charge in [-0.2, -0.15) is 0 Å². The standard InChI is InChI=1S/C13H15O2.3C4H9.Sn/c1-15-11-5-8-13(14)10-9-12-6-3-2-4-7-12;3*1-3-4-2;/h2-4,6-7,13-14H,1,9-11H2;3*1,3-4H2,2H3;. The van der Waals surface area contributed by atoms with E-state index in [-0.39, 0.29) is 0 Å². The first-order valence-electron chi connectivity index (χ1n) is 11.4. The van der Waals surface area contributed by atoms with Crippen LogP contribution in [0.25, 0.3) is 0 Å². The second kappa shape index (κ2) is 16.3. The monoisotopic (exact) mass is 494 g/mol. The van der Waals surface area contributed by atoms with Crippen LogP contribution in [0.1, 0.15) is 71.3 Å². The second-order valence-corrected chi connectivity index (χ2v) is 21.8. The maximum atomic E-state index is 10.1. The molecule has 0 bridgehead atoms. The van der Waals surface area contributed by atoms with E-state index in [0.29, 0.717) is 13.0 Å². The van der Waals surface area contributed by atoms with Crippen molar-refractivity contribution in [3.63, 3.8) is 0 Å². The zero-order valence-electron chi connectivity index (χ0n) is 18.5. The Kier molecular flexibility index (Phi) is 14.9. The van der Waals surface area contributed by atoms with Crippen molar-refractivity contribution < 1.29 is 9.84 Å². The summed E-state index contributed by atoms with van der Waals surface area (Å²) in [5.41, 5.74) is 1.25. The van der Waals surface area contributed by atoms with Crippen molar-refractivity contribution in [1.29, 1.82) is 0 Å².